The van der Waals surface area contributed by atoms with Gasteiger partial charge in [-0.15, -0.1) is 0 Å². The zero-order chi connectivity index (χ0) is 19.4. The van der Waals surface area contributed by atoms with Crippen molar-refractivity contribution in [3.05, 3.63) is 18.2 Å². The number of anilines is 1. The van der Waals surface area contributed by atoms with Gasteiger partial charge >= 0.3 is 6.03 Å². The summed E-state index contributed by atoms with van der Waals surface area (Å²) in [5, 5.41) is 5.57. The Morgan fingerprint density at radius 2 is 1.85 bits per heavy atom. The number of amides is 2. The molecule has 9 heteroatoms. The fourth-order valence-corrected chi connectivity index (χ4v) is 5.13. The van der Waals surface area contributed by atoms with Crippen LogP contribution in [0.15, 0.2) is 23.1 Å². The average Bonchev–Trinajstić information content (AvgIpc) is 2.65. The monoisotopic (exact) mass is 397 g/mol. The highest BCUT2D eigenvalue weighted by Crippen LogP contribution is 2.31. The summed E-state index contributed by atoms with van der Waals surface area (Å²) in [5.74, 6) is 0.272. The standard InChI is InChI=1S/C18H27N3O5S/c1-25-15-10-14(11-15)20-18(22)19-13-6-7-16(26-2)17(12-13)27(23,24)21-8-4-3-5-9-21/h6-7,12,14-15H,3-5,8-11H2,1-2H3,(H2,19,20,22). The van der Waals surface area contributed by atoms with Crippen LogP contribution >= 0.6 is 0 Å². The lowest BCUT2D eigenvalue weighted by Gasteiger charge is -2.34. The molecule has 2 aliphatic rings. The molecule has 0 aromatic heterocycles. The third kappa shape index (κ3) is 4.53. The predicted octanol–water partition coefficient (Wildman–Crippen LogP) is 2.17. The number of rotatable bonds is 6. The van der Waals surface area contributed by atoms with Gasteiger partial charge in [0.2, 0.25) is 10.0 Å². The van der Waals surface area contributed by atoms with Crippen molar-refractivity contribution < 1.29 is 22.7 Å². The number of nitrogens with zero attached hydrogens (tertiary/aromatic N) is 1. The van der Waals surface area contributed by atoms with E-state index in [9.17, 15) is 13.2 Å². The fraction of sp³-hybridized carbons (Fsp3) is 0.611. The van der Waals surface area contributed by atoms with E-state index in [0.717, 1.165) is 32.1 Å². The molecule has 8 nitrogen and oxygen atoms in total. The molecule has 0 unspecified atom stereocenters. The van der Waals surface area contributed by atoms with E-state index in [1.807, 2.05) is 0 Å². The van der Waals surface area contributed by atoms with Crippen LogP contribution in [0.25, 0.3) is 0 Å². The van der Waals surface area contributed by atoms with E-state index in [1.165, 1.54) is 17.5 Å². The molecule has 27 heavy (non-hydrogen) atoms. The highest BCUT2D eigenvalue weighted by Gasteiger charge is 2.31. The summed E-state index contributed by atoms with van der Waals surface area (Å²) in [7, 11) is -0.577. The number of nitrogens with one attached hydrogen (secondary N) is 2. The average molecular weight is 397 g/mol. The highest BCUT2D eigenvalue weighted by molar-refractivity contribution is 7.89. The van der Waals surface area contributed by atoms with Crippen LogP contribution in [-0.4, -0.2) is 58.2 Å². The van der Waals surface area contributed by atoms with Crippen molar-refractivity contribution in [2.75, 3.05) is 32.6 Å². The molecular weight excluding hydrogens is 370 g/mol. The fourth-order valence-electron chi connectivity index (χ4n) is 3.43. The first kappa shape index (κ1) is 19.9. The zero-order valence-electron chi connectivity index (χ0n) is 15.7. The lowest BCUT2D eigenvalue weighted by atomic mass is 9.89. The van der Waals surface area contributed by atoms with Crippen molar-refractivity contribution in [1.82, 2.24) is 9.62 Å². The minimum atomic E-state index is -3.67. The first-order valence-electron chi connectivity index (χ1n) is 9.22. The minimum absolute atomic E-state index is 0.0738. The maximum atomic E-state index is 13.0. The summed E-state index contributed by atoms with van der Waals surface area (Å²) in [6, 6.07) is 4.37. The number of methoxy groups -OCH3 is 2. The summed E-state index contributed by atoms with van der Waals surface area (Å²) in [5.41, 5.74) is 0.409. The second kappa shape index (κ2) is 8.45. The van der Waals surface area contributed by atoms with E-state index in [2.05, 4.69) is 10.6 Å². The summed E-state index contributed by atoms with van der Waals surface area (Å²) >= 11 is 0. The quantitative estimate of drug-likeness (QED) is 0.767. The van der Waals surface area contributed by atoms with E-state index >= 15 is 0 Å². The van der Waals surface area contributed by atoms with Gasteiger partial charge in [-0.2, -0.15) is 4.31 Å². The lowest BCUT2D eigenvalue weighted by molar-refractivity contribution is 0.0210. The third-order valence-corrected chi connectivity index (χ3v) is 7.04. The zero-order valence-corrected chi connectivity index (χ0v) is 16.5. The molecule has 0 spiro atoms. The van der Waals surface area contributed by atoms with Crippen molar-refractivity contribution in [1.29, 1.82) is 0 Å². The van der Waals surface area contributed by atoms with Gasteiger partial charge in [-0.3, -0.25) is 0 Å². The van der Waals surface area contributed by atoms with Gasteiger partial charge in [-0.1, -0.05) is 6.42 Å². The van der Waals surface area contributed by atoms with Gasteiger partial charge in [0.1, 0.15) is 10.6 Å². The molecule has 3 rings (SSSR count). The van der Waals surface area contributed by atoms with Gasteiger partial charge in [0.05, 0.1) is 13.2 Å². The Labute approximate surface area is 160 Å². The summed E-state index contributed by atoms with van der Waals surface area (Å²) in [6.07, 6.45) is 4.49. The molecule has 2 fully saturated rings. The minimum Gasteiger partial charge on any atom is -0.495 e. The normalized spacial score (nSPS) is 23.3. The number of hydrogen-bond donors (Lipinski definition) is 2. The van der Waals surface area contributed by atoms with Crippen LogP contribution in [0.5, 0.6) is 5.75 Å². The van der Waals surface area contributed by atoms with Crippen molar-refractivity contribution in [3.8, 4) is 5.75 Å². The Morgan fingerprint density at radius 1 is 1.15 bits per heavy atom. The van der Waals surface area contributed by atoms with Crippen LogP contribution in [0.3, 0.4) is 0 Å². The first-order valence-corrected chi connectivity index (χ1v) is 10.7. The number of benzene rings is 1. The van der Waals surface area contributed by atoms with Crippen molar-refractivity contribution in [2.24, 2.45) is 0 Å². The van der Waals surface area contributed by atoms with Gasteiger partial charge in [-0.25, -0.2) is 13.2 Å². The molecule has 2 N–H and O–H groups in total. The maximum Gasteiger partial charge on any atom is 0.319 e. The van der Waals surface area contributed by atoms with Crippen LogP contribution in [0.2, 0.25) is 0 Å². The van der Waals surface area contributed by atoms with Gasteiger partial charge in [0.25, 0.3) is 0 Å². The Morgan fingerprint density at radius 3 is 2.48 bits per heavy atom. The summed E-state index contributed by atoms with van der Waals surface area (Å²) < 4.78 is 38.0. The number of hydrogen-bond acceptors (Lipinski definition) is 5. The Bertz CT molecular complexity index is 771. The smallest absolute Gasteiger partial charge is 0.319 e. The topological polar surface area (TPSA) is 97.0 Å². The number of carbonyl (C=O) groups is 1. The summed E-state index contributed by atoms with van der Waals surface area (Å²) in [6.45, 7) is 1.01. The molecular formula is C18H27N3O5S. The molecule has 1 aliphatic heterocycles. The number of urea groups is 1. The lowest BCUT2D eigenvalue weighted by Crippen LogP contribution is -2.48. The molecule has 2 amide bonds. The van der Waals surface area contributed by atoms with Crippen LogP contribution in [0.1, 0.15) is 32.1 Å². The molecule has 0 bridgehead atoms. The molecule has 0 radical (unpaired) electrons. The van der Waals surface area contributed by atoms with E-state index in [0.29, 0.717) is 18.8 Å². The number of ether oxygens (including phenoxy) is 2. The molecule has 150 valence electrons. The van der Waals surface area contributed by atoms with Crippen molar-refractivity contribution in [2.45, 2.75) is 49.1 Å². The van der Waals surface area contributed by atoms with Crippen molar-refractivity contribution >= 4 is 21.7 Å². The predicted molar refractivity (Wildman–Crippen MR) is 102 cm³/mol. The molecule has 1 aliphatic carbocycles. The molecule has 1 saturated heterocycles. The van der Waals surface area contributed by atoms with E-state index in [4.69, 9.17) is 9.47 Å². The number of sulfonamides is 1. The molecule has 1 saturated carbocycles. The van der Waals surface area contributed by atoms with E-state index in [-0.39, 0.29) is 28.8 Å². The third-order valence-electron chi connectivity index (χ3n) is 5.12. The highest BCUT2D eigenvalue weighted by atomic mass is 32.2. The summed E-state index contributed by atoms with van der Waals surface area (Å²) in [4.78, 5) is 12.3. The van der Waals surface area contributed by atoms with E-state index < -0.39 is 10.0 Å². The van der Waals surface area contributed by atoms with Gasteiger partial charge in [0, 0.05) is 31.9 Å². The van der Waals surface area contributed by atoms with Crippen LogP contribution < -0.4 is 15.4 Å². The Kier molecular flexibility index (Phi) is 6.23. The molecule has 1 aromatic rings. The van der Waals surface area contributed by atoms with E-state index in [1.54, 1.807) is 19.2 Å². The van der Waals surface area contributed by atoms with Crippen LogP contribution in [0, 0.1) is 0 Å². The van der Waals surface area contributed by atoms with Crippen LogP contribution in [-0.2, 0) is 14.8 Å². The maximum absolute atomic E-state index is 13.0. The van der Waals surface area contributed by atoms with Gasteiger partial charge < -0.3 is 20.1 Å². The SMILES string of the molecule is COc1ccc(NC(=O)NC2CC(OC)C2)cc1S(=O)(=O)N1CCCCC1. The second-order valence-corrected chi connectivity index (χ2v) is 8.86. The molecule has 1 aromatic carbocycles. The molecule has 1 heterocycles. The molecule has 0 atom stereocenters. The Balaban J connectivity index is 1.72. The Hall–Kier alpha value is -1.84. The van der Waals surface area contributed by atoms with Crippen molar-refractivity contribution in [3.63, 3.8) is 0 Å². The van der Waals surface area contributed by atoms with Gasteiger partial charge in [-0.05, 0) is 43.9 Å². The second-order valence-electron chi connectivity index (χ2n) is 6.95. The van der Waals surface area contributed by atoms with Crippen LogP contribution in [0.4, 0.5) is 10.5 Å². The first-order chi connectivity index (χ1) is 12.9. The number of piperidine rings is 1. The van der Waals surface area contributed by atoms with Gasteiger partial charge in [0.15, 0.2) is 0 Å². The number of carbonyl (C=O) groups excluding carboxylic acids is 1. The largest absolute Gasteiger partial charge is 0.495 e.